The third-order valence-corrected chi connectivity index (χ3v) is 4.42. The first kappa shape index (κ1) is 14.1. The average molecular weight is 300 g/mol. The van der Waals surface area contributed by atoms with Crippen LogP contribution in [0, 0.1) is 6.92 Å². The lowest BCUT2D eigenvalue weighted by Gasteiger charge is -2.13. The Bertz CT molecular complexity index is 629. The van der Waals surface area contributed by atoms with Gasteiger partial charge in [0.05, 0.1) is 4.90 Å². The SMILES string of the molecule is Cc1cc(S(=O)(=O)Cl)ccc1C(=O)NC1CC=CC1. The molecule has 0 aliphatic heterocycles. The molecule has 0 radical (unpaired) electrons. The molecule has 6 heteroatoms. The number of halogens is 1. The highest BCUT2D eigenvalue weighted by Gasteiger charge is 2.18. The van der Waals surface area contributed by atoms with Gasteiger partial charge in [-0.3, -0.25) is 4.79 Å². The van der Waals surface area contributed by atoms with Crippen LogP contribution in [-0.4, -0.2) is 20.4 Å². The van der Waals surface area contributed by atoms with Gasteiger partial charge in [0.1, 0.15) is 0 Å². The highest BCUT2D eigenvalue weighted by Crippen LogP contribution is 2.19. The number of hydrogen-bond donors (Lipinski definition) is 1. The predicted octanol–water partition coefficient (Wildman–Crippen LogP) is 2.37. The summed E-state index contributed by atoms with van der Waals surface area (Å²) in [5.41, 5.74) is 1.06. The molecular weight excluding hydrogens is 286 g/mol. The Labute approximate surface area is 116 Å². The van der Waals surface area contributed by atoms with Gasteiger partial charge in [0.25, 0.3) is 15.0 Å². The quantitative estimate of drug-likeness (QED) is 0.688. The van der Waals surface area contributed by atoms with Crippen molar-refractivity contribution in [1.82, 2.24) is 5.32 Å². The van der Waals surface area contributed by atoms with Crippen molar-refractivity contribution in [3.8, 4) is 0 Å². The van der Waals surface area contributed by atoms with Crippen LogP contribution >= 0.6 is 10.7 Å². The Morgan fingerprint density at radius 2 is 1.95 bits per heavy atom. The predicted molar refractivity (Wildman–Crippen MR) is 73.8 cm³/mol. The van der Waals surface area contributed by atoms with Crippen LogP contribution in [0.1, 0.15) is 28.8 Å². The first-order valence-corrected chi connectivity index (χ1v) is 8.20. The second-order valence-electron chi connectivity index (χ2n) is 4.53. The molecule has 19 heavy (non-hydrogen) atoms. The van der Waals surface area contributed by atoms with Crippen LogP contribution in [0.5, 0.6) is 0 Å². The van der Waals surface area contributed by atoms with Crippen molar-refractivity contribution < 1.29 is 13.2 Å². The summed E-state index contributed by atoms with van der Waals surface area (Å²) in [4.78, 5) is 12.1. The van der Waals surface area contributed by atoms with Gasteiger partial charge in [0.15, 0.2) is 0 Å². The molecule has 0 saturated carbocycles. The fourth-order valence-corrected chi connectivity index (χ4v) is 2.88. The van der Waals surface area contributed by atoms with Crippen molar-refractivity contribution in [2.45, 2.75) is 30.7 Å². The Morgan fingerprint density at radius 1 is 1.32 bits per heavy atom. The van der Waals surface area contributed by atoms with Crippen molar-refractivity contribution in [1.29, 1.82) is 0 Å². The van der Waals surface area contributed by atoms with E-state index in [2.05, 4.69) is 5.32 Å². The summed E-state index contributed by atoms with van der Waals surface area (Å²) in [7, 11) is 1.50. The molecule has 0 bridgehead atoms. The molecule has 1 N–H and O–H groups in total. The van der Waals surface area contributed by atoms with Gasteiger partial charge in [-0.1, -0.05) is 12.2 Å². The third-order valence-electron chi connectivity index (χ3n) is 3.07. The molecule has 0 fully saturated rings. The Hall–Kier alpha value is -1.33. The van der Waals surface area contributed by atoms with Gasteiger partial charge in [0.2, 0.25) is 0 Å². The van der Waals surface area contributed by atoms with Crippen LogP contribution < -0.4 is 5.32 Å². The molecule has 2 rings (SSSR count). The first-order valence-electron chi connectivity index (χ1n) is 5.89. The summed E-state index contributed by atoms with van der Waals surface area (Å²) < 4.78 is 22.4. The van der Waals surface area contributed by atoms with E-state index in [1.807, 2.05) is 12.2 Å². The normalized spacial score (nSPS) is 15.7. The zero-order valence-electron chi connectivity index (χ0n) is 10.4. The maximum absolute atomic E-state index is 12.1. The fraction of sp³-hybridized carbons (Fsp3) is 0.308. The third kappa shape index (κ3) is 3.36. The van der Waals surface area contributed by atoms with Gasteiger partial charge in [-0.2, -0.15) is 0 Å². The average Bonchev–Trinajstić information content (AvgIpc) is 2.80. The van der Waals surface area contributed by atoms with Crippen LogP contribution in [0.2, 0.25) is 0 Å². The minimum absolute atomic E-state index is 0.00532. The zero-order chi connectivity index (χ0) is 14.0. The number of carbonyl (C=O) groups excluding carboxylic acids is 1. The molecule has 0 atom stereocenters. The number of amides is 1. The molecule has 0 unspecified atom stereocenters. The van der Waals surface area contributed by atoms with Gasteiger partial charge < -0.3 is 5.32 Å². The molecule has 4 nitrogen and oxygen atoms in total. The van der Waals surface area contributed by atoms with E-state index in [9.17, 15) is 13.2 Å². The van der Waals surface area contributed by atoms with Crippen molar-refractivity contribution in [3.05, 3.63) is 41.5 Å². The van der Waals surface area contributed by atoms with Crippen LogP contribution in [0.25, 0.3) is 0 Å². The highest BCUT2D eigenvalue weighted by atomic mass is 35.7. The summed E-state index contributed by atoms with van der Waals surface area (Å²) in [6.07, 6.45) is 5.72. The summed E-state index contributed by atoms with van der Waals surface area (Å²) in [6.45, 7) is 1.69. The van der Waals surface area contributed by atoms with Crippen molar-refractivity contribution in [3.63, 3.8) is 0 Å². The fourth-order valence-electron chi connectivity index (χ4n) is 2.04. The van der Waals surface area contributed by atoms with Gasteiger partial charge in [0, 0.05) is 22.3 Å². The van der Waals surface area contributed by atoms with Gasteiger partial charge >= 0.3 is 0 Å². The lowest BCUT2D eigenvalue weighted by Crippen LogP contribution is -2.33. The Kier molecular flexibility index (Phi) is 3.96. The monoisotopic (exact) mass is 299 g/mol. The molecular formula is C13H14ClNO3S. The molecule has 0 heterocycles. The van der Waals surface area contributed by atoms with Gasteiger partial charge in [-0.25, -0.2) is 8.42 Å². The number of carbonyl (C=O) groups is 1. The summed E-state index contributed by atoms with van der Waals surface area (Å²) in [6, 6.07) is 4.37. The molecule has 1 aromatic carbocycles. The van der Waals surface area contributed by atoms with E-state index in [1.54, 1.807) is 6.92 Å². The molecule has 0 spiro atoms. The van der Waals surface area contributed by atoms with Gasteiger partial charge in [-0.05, 0) is 43.5 Å². The molecule has 102 valence electrons. The van der Waals surface area contributed by atoms with Crippen LogP contribution in [0.15, 0.2) is 35.2 Å². The minimum atomic E-state index is -3.76. The Balaban J connectivity index is 2.18. The van der Waals surface area contributed by atoms with E-state index < -0.39 is 9.05 Å². The number of hydrogen-bond acceptors (Lipinski definition) is 3. The Morgan fingerprint density at radius 3 is 2.47 bits per heavy atom. The van der Waals surface area contributed by atoms with E-state index in [4.69, 9.17) is 10.7 Å². The standard InChI is InChI=1S/C13H14ClNO3S/c1-9-8-11(19(14,17)18)6-7-12(9)13(16)15-10-4-2-3-5-10/h2-3,6-8,10H,4-5H2,1H3,(H,15,16). The molecule has 0 saturated heterocycles. The summed E-state index contributed by atoms with van der Waals surface area (Å²) in [5.74, 6) is -0.190. The second-order valence-corrected chi connectivity index (χ2v) is 7.09. The number of benzene rings is 1. The maximum Gasteiger partial charge on any atom is 0.261 e. The largest absolute Gasteiger partial charge is 0.349 e. The smallest absolute Gasteiger partial charge is 0.261 e. The minimum Gasteiger partial charge on any atom is -0.349 e. The second kappa shape index (κ2) is 5.35. The maximum atomic E-state index is 12.1. The van der Waals surface area contributed by atoms with Crippen molar-refractivity contribution in [2.24, 2.45) is 0 Å². The number of aryl methyl sites for hydroxylation is 1. The molecule has 1 aliphatic rings. The van der Waals surface area contributed by atoms with Crippen LogP contribution in [0.4, 0.5) is 0 Å². The molecule has 1 amide bonds. The van der Waals surface area contributed by atoms with Crippen molar-refractivity contribution >= 4 is 25.6 Å². The lowest BCUT2D eigenvalue weighted by atomic mass is 10.1. The number of nitrogens with one attached hydrogen (secondary N) is 1. The summed E-state index contributed by atoms with van der Waals surface area (Å²) >= 11 is 0. The topological polar surface area (TPSA) is 63.2 Å². The van der Waals surface area contributed by atoms with E-state index in [1.165, 1.54) is 18.2 Å². The molecule has 1 aliphatic carbocycles. The number of rotatable bonds is 3. The molecule has 0 aromatic heterocycles. The van der Waals surface area contributed by atoms with Gasteiger partial charge in [-0.15, -0.1) is 0 Å². The first-order chi connectivity index (χ1) is 8.88. The van der Waals surface area contributed by atoms with E-state index in [0.717, 1.165) is 12.8 Å². The summed E-state index contributed by atoms with van der Waals surface area (Å²) in [5, 5.41) is 2.91. The zero-order valence-corrected chi connectivity index (χ0v) is 12.0. The van der Waals surface area contributed by atoms with E-state index >= 15 is 0 Å². The van der Waals surface area contributed by atoms with Crippen molar-refractivity contribution in [2.75, 3.05) is 0 Å². The van der Waals surface area contributed by atoms with E-state index in [0.29, 0.717) is 11.1 Å². The highest BCUT2D eigenvalue weighted by molar-refractivity contribution is 8.13. The van der Waals surface area contributed by atoms with E-state index in [-0.39, 0.29) is 16.8 Å². The lowest BCUT2D eigenvalue weighted by molar-refractivity contribution is 0.0938. The van der Waals surface area contributed by atoms with Crippen LogP contribution in [0.3, 0.4) is 0 Å². The van der Waals surface area contributed by atoms with Crippen LogP contribution in [-0.2, 0) is 9.05 Å². The molecule has 1 aromatic rings.